The summed E-state index contributed by atoms with van der Waals surface area (Å²) in [6.45, 7) is 0.315. The number of alkyl halides is 1. The number of Topliss-reactive ketones (excluding diaryl/α,β-unsaturated/α-hetero) is 1. The number of ketones is 1. The van der Waals surface area contributed by atoms with Crippen LogP contribution in [0.1, 0.15) is 135 Å². The molecular formula is C31H52FN2O9P. The van der Waals surface area contributed by atoms with Gasteiger partial charge in [-0.1, -0.05) is 77.0 Å². The molecule has 1 aliphatic heterocycles. The van der Waals surface area contributed by atoms with Gasteiger partial charge in [0.15, 0.2) is 0 Å². The summed E-state index contributed by atoms with van der Waals surface area (Å²) in [5.74, 6) is -4.25. The minimum Gasteiger partial charge on any atom is -0.480 e. The van der Waals surface area contributed by atoms with Crippen LogP contribution in [0.15, 0.2) is 12.2 Å². The van der Waals surface area contributed by atoms with Crippen molar-refractivity contribution < 1.29 is 47.8 Å². The van der Waals surface area contributed by atoms with Gasteiger partial charge < -0.3 is 20.2 Å². The Morgan fingerprint density at radius 1 is 0.705 bits per heavy atom. The van der Waals surface area contributed by atoms with Gasteiger partial charge in [0, 0.05) is 38.0 Å². The van der Waals surface area contributed by atoms with E-state index in [4.69, 9.17) is 9.79 Å². The third kappa shape index (κ3) is 19.1. The number of hydrogen-bond donors (Lipinski definition) is 4. The minimum absolute atomic E-state index is 0.0430. The lowest BCUT2D eigenvalue weighted by Gasteiger charge is -2.14. The molecular weight excluding hydrogens is 594 g/mol. The summed E-state index contributed by atoms with van der Waals surface area (Å²) in [6.07, 6.45) is 17.5. The summed E-state index contributed by atoms with van der Waals surface area (Å²) in [5, 5.41) is 12.0. The maximum atomic E-state index is 13.2. The molecule has 0 spiro atoms. The van der Waals surface area contributed by atoms with E-state index >= 15 is 0 Å². The average Bonchev–Trinajstić information content (AvgIpc) is 3.28. The van der Waals surface area contributed by atoms with E-state index in [-0.39, 0.29) is 55.6 Å². The maximum Gasteiger partial charge on any atom is 0.359 e. The van der Waals surface area contributed by atoms with Gasteiger partial charge in [0.05, 0.1) is 0 Å². The van der Waals surface area contributed by atoms with Crippen molar-refractivity contribution in [1.29, 1.82) is 0 Å². The molecule has 4 N–H and O–H groups in total. The number of carbonyl (C=O) groups is 5. The second-order valence-corrected chi connectivity index (χ2v) is 13.4. The molecule has 252 valence electrons. The largest absolute Gasteiger partial charge is 0.480 e. The number of halogens is 1. The zero-order chi connectivity index (χ0) is 32.8. The number of nitrogens with one attached hydrogen (secondary N) is 1. The van der Waals surface area contributed by atoms with E-state index in [0.29, 0.717) is 38.6 Å². The van der Waals surface area contributed by atoms with Gasteiger partial charge in [-0.15, -0.1) is 0 Å². The second kappa shape index (κ2) is 23.0. The van der Waals surface area contributed by atoms with E-state index in [2.05, 4.69) is 5.32 Å². The Morgan fingerprint density at radius 3 is 1.66 bits per heavy atom. The first-order valence-electron chi connectivity index (χ1n) is 16.2. The Bertz CT molecular complexity index is 967. The number of rotatable bonds is 28. The number of carboxylic acid groups (broad SMARTS) is 1. The van der Waals surface area contributed by atoms with Crippen molar-refractivity contribution in [3.63, 3.8) is 0 Å². The van der Waals surface area contributed by atoms with E-state index in [1.54, 1.807) is 0 Å². The summed E-state index contributed by atoms with van der Waals surface area (Å²) in [6, 6.07) is -1.10. The van der Waals surface area contributed by atoms with Gasteiger partial charge in [0.25, 0.3) is 11.8 Å². The Morgan fingerprint density at radius 2 is 1.16 bits per heavy atom. The normalized spacial score (nSPS) is 14.7. The summed E-state index contributed by atoms with van der Waals surface area (Å²) < 4.78 is 23.9. The van der Waals surface area contributed by atoms with E-state index in [1.165, 1.54) is 12.2 Å². The fourth-order valence-electron chi connectivity index (χ4n) is 5.09. The number of nitrogens with zero attached hydrogens (tertiary/aromatic N) is 1. The molecule has 1 aliphatic rings. The van der Waals surface area contributed by atoms with Crippen molar-refractivity contribution in [3.8, 4) is 0 Å². The molecule has 3 amide bonds. The van der Waals surface area contributed by atoms with E-state index in [0.717, 1.165) is 75.5 Å². The lowest BCUT2D eigenvalue weighted by atomic mass is 10.0. The Hall–Kier alpha value is -2.43. The predicted molar refractivity (Wildman–Crippen MR) is 164 cm³/mol. The van der Waals surface area contributed by atoms with Crippen molar-refractivity contribution in [2.75, 3.05) is 6.54 Å². The third-order valence-corrected chi connectivity index (χ3v) is 8.78. The molecule has 13 heteroatoms. The quantitative estimate of drug-likeness (QED) is 0.0470. The standard InChI is InChI=1S/C31H52FN2O9P/c32-27(44(41,42)43)18-14-10-8-6-4-2-1-3-5-7-9-11-15-19-28(36)33-26(31(39)40)21-20-25(35)17-13-12-16-24-34-29(37)22-23-30(34)38/h22-23,26-27H,1-21,24H2,(H,33,36)(H,39,40)(H2,41,42,43). The monoisotopic (exact) mass is 646 g/mol. The average molecular weight is 647 g/mol. The van der Waals surface area contributed by atoms with Crippen LogP contribution in [0.3, 0.4) is 0 Å². The molecule has 0 aromatic carbocycles. The lowest BCUT2D eigenvalue weighted by molar-refractivity contribution is -0.142. The summed E-state index contributed by atoms with van der Waals surface area (Å²) in [7, 11) is -4.60. The topological polar surface area (TPSA) is 178 Å². The van der Waals surface area contributed by atoms with E-state index < -0.39 is 25.5 Å². The molecule has 0 aromatic rings. The van der Waals surface area contributed by atoms with Gasteiger partial charge in [0.2, 0.25) is 11.8 Å². The summed E-state index contributed by atoms with van der Waals surface area (Å²) >= 11 is 0. The molecule has 0 radical (unpaired) electrons. The fraction of sp³-hybridized carbons (Fsp3) is 0.774. The molecule has 11 nitrogen and oxygen atoms in total. The lowest BCUT2D eigenvalue weighted by Crippen LogP contribution is -2.41. The number of amides is 3. The first-order valence-corrected chi connectivity index (χ1v) is 17.9. The number of imide groups is 1. The van der Waals surface area contributed by atoms with Crippen LogP contribution in [-0.2, 0) is 28.5 Å². The van der Waals surface area contributed by atoms with Gasteiger partial charge in [-0.3, -0.25) is 28.6 Å². The predicted octanol–water partition coefficient (Wildman–Crippen LogP) is 5.72. The van der Waals surface area contributed by atoms with Gasteiger partial charge in [-0.2, -0.15) is 0 Å². The molecule has 2 atom stereocenters. The smallest absolute Gasteiger partial charge is 0.359 e. The first-order chi connectivity index (χ1) is 20.9. The van der Waals surface area contributed by atoms with Gasteiger partial charge in [-0.05, 0) is 38.5 Å². The van der Waals surface area contributed by atoms with Crippen molar-refractivity contribution in [2.45, 2.75) is 147 Å². The Balaban J connectivity index is 1.97. The fourth-order valence-corrected chi connectivity index (χ4v) is 5.60. The minimum atomic E-state index is -4.60. The third-order valence-electron chi connectivity index (χ3n) is 7.79. The molecule has 0 fully saturated rings. The molecule has 44 heavy (non-hydrogen) atoms. The van der Waals surface area contributed by atoms with Crippen molar-refractivity contribution in [2.24, 2.45) is 0 Å². The Labute approximate surface area is 260 Å². The molecule has 1 rings (SSSR count). The highest BCUT2D eigenvalue weighted by Gasteiger charge is 2.27. The van der Waals surface area contributed by atoms with E-state index in [1.807, 2.05) is 0 Å². The molecule has 2 unspecified atom stereocenters. The van der Waals surface area contributed by atoms with Crippen LogP contribution in [0.2, 0.25) is 0 Å². The summed E-state index contributed by atoms with van der Waals surface area (Å²) in [5.41, 5.74) is 0. The van der Waals surface area contributed by atoms with Crippen LogP contribution in [-0.4, -0.2) is 67.8 Å². The van der Waals surface area contributed by atoms with Crippen LogP contribution in [0, 0.1) is 0 Å². The highest BCUT2D eigenvalue weighted by molar-refractivity contribution is 7.52. The first kappa shape index (κ1) is 39.6. The molecule has 1 heterocycles. The van der Waals surface area contributed by atoms with Crippen LogP contribution in [0.4, 0.5) is 4.39 Å². The van der Waals surface area contributed by atoms with Crippen LogP contribution in [0.25, 0.3) is 0 Å². The Kier molecular flexibility index (Phi) is 20.7. The highest BCUT2D eigenvalue weighted by atomic mass is 31.2. The SMILES string of the molecule is O=C(CCCCCN1C(=O)C=CC1=O)CCC(NC(=O)CCCCCCCCCCCCCCCC(F)P(=O)(O)O)C(=O)O. The van der Waals surface area contributed by atoms with Crippen LogP contribution < -0.4 is 5.32 Å². The maximum absolute atomic E-state index is 13.2. The molecule has 0 aliphatic carbocycles. The number of carbonyl (C=O) groups excluding carboxylic acids is 4. The number of unbranched alkanes of at least 4 members (excludes halogenated alkanes) is 14. The molecule has 0 saturated carbocycles. The van der Waals surface area contributed by atoms with Crippen molar-refractivity contribution in [3.05, 3.63) is 12.2 Å². The molecule has 0 bridgehead atoms. The van der Waals surface area contributed by atoms with Crippen LogP contribution in [0.5, 0.6) is 0 Å². The molecule has 0 saturated heterocycles. The van der Waals surface area contributed by atoms with Gasteiger partial charge >= 0.3 is 13.6 Å². The zero-order valence-corrected chi connectivity index (χ0v) is 26.8. The van der Waals surface area contributed by atoms with Crippen molar-refractivity contribution in [1.82, 2.24) is 10.2 Å². The summed E-state index contributed by atoms with van der Waals surface area (Å²) in [4.78, 5) is 77.6. The number of hydrogen-bond acceptors (Lipinski definition) is 6. The van der Waals surface area contributed by atoms with E-state index in [9.17, 15) is 38.0 Å². The van der Waals surface area contributed by atoms with Crippen molar-refractivity contribution >= 4 is 37.1 Å². The van der Waals surface area contributed by atoms with Gasteiger partial charge in [0.1, 0.15) is 11.8 Å². The molecule has 0 aromatic heterocycles. The van der Waals surface area contributed by atoms with Crippen LogP contribution >= 0.6 is 7.60 Å². The second-order valence-electron chi connectivity index (χ2n) is 11.7. The number of aliphatic carboxylic acids is 1. The highest BCUT2D eigenvalue weighted by Crippen LogP contribution is 2.44. The number of carboxylic acids is 1. The van der Waals surface area contributed by atoms with Gasteiger partial charge in [-0.25, -0.2) is 9.18 Å². The zero-order valence-electron chi connectivity index (χ0n) is 25.9.